The number of aromatic nitrogens is 2. The lowest BCUT2D eigenvalue weighted by Gasteiger charge is -2.22. The zero-order chi connectivity index (χ0) is 20.0. The highest BCUT2D eigenvalue weighted by Crippen LogP contribution is 2.14. The van der Waals surface area contributed by atoms with Gasteiger partial charge in [-0.2, -0.15) is 0 Å². The summed E-state index contributed by atoms with van der Waals surface area (Å²) in [6.45, 7) is 4.19. The van der Waals surface area contributed by atoms with Crippen molar-refractivity contribution in [1.29, 1.82) is 0 Å². The van der Waals surface area contributed by atoms with Crippen LogP contribution in [-0.4, -0.2) is 48.9 Å². The van der Waals surface area contributed by atoms with E-state index < -0.39 is 24.0 Å². The van der Waals surface area contributed by atoms with Gasteiger partial charge in [0.1, 0.15) is 17.8 Å². The summed E-state index contributed by atoms with van der Waals surface area (Å²) in [5.74, 6) is -1.92. The highest BCUT2D eigenvalue weighted by molar-refractivity contribution is 5.77. The number of hydrogen-bond donors (Lipinski definition) is 4. The first-order valence-corrected chi connectivity index (χ1v) is 8.74. The number of rotatable bonds is 10. The number of aliphatic carboxylic acids is 2. The zero-order valence-electron chi connectivity index (χ0n) is 15.4. The van der Waals surface area contributed by atoms with Crippen molar-refractivity contribution in [2.75, 3.05) is 0 Å². The van der Waals surface area contributed by atoms with Crippen LogP contribution in [0.1, 0.15) is 31.5 Å². The van der Waals surface area contributed by atoms with Crippen molar-refractivity contribution in [3.05, 3.63) is 48.0 Å². The first kappa shape index (κ1) is 20.4. The van der Waals surface area contributed by atoms with Gasteiger partial charge in [-0.15, -0.1) is 0 Å². The standard InChI is InChI=1S/C19H25N3O5/c1-12(2)6-16(18(24)25)21-17(19(26)27)8-14-9-20-11-22(14)10-13-4-3-5-15(23)7-13/h3-5,7,9,11-12,16-17,21,23H,6,8,10H2,1-2H3,(H,24,25)(H,26,27). The summed E-state index contributed by atoms with van der Waals surface area (Å²) in [6, 6.07) is 4.78. The molecule has 0 aliphatic heterocycles. The number of phenolic OH excluding ortho intramolecular Hbond substituents is 1. The van der Waals surface area contributed by atoms with E-state index in [2.05, 4.69) is 10.3 Å². The average molecular weight is 375 g/mol. The lowest BCUT2D eigenvalue weighted by molar-refractivity contribution is -0.142. The molecule has 0 aliphatic carbocycles. The lowest BCUT2D eigenvalue weighted by Crippen LogP contribution is -2.49. The Hall–Kier alpha value is -2.87. The van der Waals surface area contributed by atoms with E-state index in [0.717, 1.165) is 5.56 Å². The van der Waals surface area contributed by atoms with Crippen LogP contribution in [0.4, 0.5) is 0 Å². The maximum Gasteiger partial charge on any atom is 0.321 e. The number of carbonyl (C=O) groups is 2. The molecule has 2 unspecified atom stereocenters. The van der Waals surface area contributed by atoms with Crippen LogP contribution >= 0.6 is 0 Å². The van der Waals surface area contributed by atoms with Crippen molar-refractivity contribution in [1.82, 2.24) is 14.9 Å². The highest BCUT2D eigenvalue weighted by atomic mass is 16.4. The summed E-state index contributed by atoms with van der Waals surface area (Å²) >= 11 is 0. The molecule has 0 saturated heterocycles. The average Bonchev–Trinajstić information content (AvgIpc) is 2.99. The lowest BCUT2D eigenvalue weighted by atomic mass is 10.0. The molecule has 0 radical (unpaired) electrons. The maximum atomic E-state index is 11.7. The molecule has 0 spiro atoms. The molecule has 27 heavy (non-hydrogen) atoms. The van der Waals surface area contributed by atoms with Gasteiger partial charge in [0.15, 0.2) is 0 Å². The van der Waals surface area contributed by atoms with Gasteiger partial charge in [-0.25, -0.2) is 4.98 Å². The molecular formula is C19H25N3O5. The molecule has 0 fully saturated rings. The monoisotopic (exact) mass is 375 g/mol. The molecule has 146 valence electrons. The number of imidazole rings is 1. The minimum atomic E-state index is -1.12. The van der Waals surface area contributed by atoms with Crippen LogP contribution < -0.4 is 5.32 Å². The van der Waals surface area contributed by atoms with Gasteiger partial charge in [0.2, 0.25) is 0 Å². The first-order chi connectivity index (χ1) is 12.8. The van der Waals surface area contributed by atoms with Crippen molar-refractivity contribution < 1.29 is 24.9 Å². The smallest absolute Gasteiger partial charge is 0.321 e. The molecule has 0 bridgehead atoms. The molecule has 0 amide bonds. The van der Waals surface area contributed by atoms with E-state index in [0.29, 0.717) is 18.7 Å². The van der Waals surface area contributed by atoms with Gasteiger partial charge in [0.25, 0.3) is 0 Å². The molecule has 4 N–H and O–H groups in total. The molecular weight excluding hydrogens is 350 g/mol. The number of nitrogens with one attached hydrogen (secondary N) is 1. The Labute approximate surface area is 157 Å². The Morgan fingerprint density at radius 2 is 1.89 bits per heavy atom. The normalized spacial score (nSPS) is 13.4. The molecule has 1 aromatic heterocycles. The van der Waals surface area contributed by atoms with Gasteiger partial charge >= 0.3 is 11.9 Å². The highest BCUT2D eigenvalue weighted by Gasteiger charge is 2.27. The van der Waals surface area contributed by atoms with E-state index in [-0.39, 0.29) is 18.1 Å². The minimum absolute atomic E-state index is 0.0933. The topological polar surface area (TPSA) is 125 Å². The number of hydrogen-bond acceptors (Lipinski definition) is 5. The van der Waals surface area contributed by atoms with Crippen molar-refractivity contribution in [2.24, 2.45) is 5.92 Å². The Bertz CT molecular complexity index is 787. The quantitative estimate of drug-likeness (QED) is 0.498. The SMILES string of the molecule is CC(C)CC(NC(Cc1cncn1Cc1cccc(O)c1)C(=O)O)C(=O)O. The molecule has 0 saturated carbocycles. The molecule has 2 rings (SSSR count). The van der Waals surface area contributed by atoms with Crippen molar-refractivity contribution >= 4 is 11.9 Å². The van der Waals surface area contributed by atoms with Gasteiger partial charge in [-0.05, 0) is 30.0 Å². The summed E-state index contributed by atoms with van der Waals surface area (Å²) in [4.78, 5) is 27.2. The third-order valence-corrected chi connectivity index (χ3v) is 4.18. The van der Waals surface area contributed by atoms with Gasteiger partial charge in [0.05, 0.1) is 6.33 Å². The Morgan fingerprint density at radius 3 is 2.48 bits per heavy atom. The fourth-order valence-electron chi connectivity index (χ4n) is 2.89. The second-order valence-electron chi connectivity index (χ2n) is 6.96. The molecule has 2 aromatic rings. The first-order valence-electron chi connectivity index (χ1n) is 8.74. The third-order valence-electron chi connectivity index (χ3n) is 4.18. The number of aromatic hydroxyl groups is 1. The van der Waals surface area contributed by atoms with Crippen LogP contribution in [0.25, 0.3) is 0 Å². The molecule has 1 heterocycles. The fraction of sp³-hybridized carbons (Fsp3) is 0.421. The second kappa shape index (κ2) is 9.18. The van der Waals surface area contributed by atoms with Crippen LogP contribution in [0.2, 0.25) is 0 Å². The van der Waals surface area contributed by atoms with E-state index in [9.17, 15) is 24.9 Å². The molecule has 0 aliphatic rings. The molecule has 1 aromatic carbocycles. The summed E-state index contributed by atoms with van der Waals surface area (Å²) in [5.41, 5.74) is 1.50. The van der Waals surface area contributed by atoms with Crippen LogP contribution in [0, 0.1) is 5.92 Å². The summed E-state index contributed by atoms with van der Waals surface area (Å²) in [7, 11) is 0. The van der Waals surface area contributed by atoms with Crippen LogP contribution in [0.15, 0.2) is 36.8 Å². The van der Waals surface area contributed by atoms with Gasteiger partial charge in [0, 0.05) is 24.9 Å². The summed E-state index contributed by atoms with van der Waals surface area (Å²) < 4.78 is 1.78. The fourth-order valence-corrected chi connectivity index (χ4v) is 2.89. The maximum absolute atomic E-state index is 11.7. The summed E-state index contributed by atoms with van der Waals surface area (Å²) in [5, 5.41) is 31.2. The van der Waals surface area contributed by atoms with E-state index >= 15 is 0 Å². The van der Waals surface area contributed by atoms with Crippen molar-refractivity contribution in [3.8, 4) is 5.75 Å². The van der Waals surface area contributed by atoms with Crippen LogP contribution in [-0.2, 0) is 22.6 Å². The Balaban J connectivity index is 2.14. The number of benzene rings is 1. The second-order valence-corrected chi connectivity index (χ2v) is 6.96. The molecule has 2 atom stereocenters. The number of carboxylic acids is 2. The van der Waals surface area contributed by atoms with E-state index in [1.54, 1.807) is 35.3 Å². The molecule has 8 nitrogen and oxygen atoms in total. The van der Waals surface area contributed by atoms with Gasteiger partial charge in [-0.3, -0.25) is 14.9 Å². The van der Waals surface area contributed by atoms with E-state index in [1.165, 1.54) is 0 Å². The molecule has 8 heteroatoms. The van der Waals surface area contributed by atoms with Crippen molar-refractivity contribution in [3.63, 3.8) is 0 Å². The third kappa shape index (κ3) is 6.10. The van der Waals surface area contributed by atoms with Crippen LogP contribution in [0.5, 0.6) is 5.75 Å². The Kier molecular flexibility index (Phi) is 6.95. The summed E-state index contributed by atoms with van der Waals surface area (Å²) in [6.07, 6.45) is 3.58. The number of phenols is 1. The van der Waals surface area contributed by atoms with Gasteiger partial charge in [-0.1, -0.05) is 26.0 Å². The Morgan fingerprint density at radius 1 is 1.19 bits per heavy atom. The van der Waals surface area contributed by atoms with Crippen LogP contribution in [0.3, 0.4) is 0 Å². The van der Waals surface area contributed by atoms with Gasteiger partial charge < -0.3 is 19.9 Å². The zero-order valence-corrected chi connectivity index (χ0v) is 15.4. The largest absolute Gasteiger partial charge is 0.508 e. The predicted molar refractivity (Wildman–Crippen MR) is 98.6 cm³/mol. The van der Waals surface area contributed by atoms with E-state index in [1.807, 2.05) is 19.9 Å². The van der Waals surface area contributed by atoms with E-state index in [4.69, 9.17) is 0 Å². The van der Waals surface area contributed by atoms with Crippen molar-refractivity contribution in [2.45, 2.75) is 45.3 Å². The number of nitrogens with zero attached hydrogens (tertiary/aromatic N) is 2. The number of carboxylic acid groups (broad SMARTS) is 2. The predicted octanol–water partition coefficient (Wildman–Crippen LogP) is 1.72. The minimum Gasteiger partial charge on any atom is -0.508 e.